The molecule has 0 aliphatic rings. The maximum atomic E-state index is 5.66. The first-order chi connectivity index (χ1) is 8.77. The summed E-state index contributed by atoms with van der Waals surface area (Å²) in [5, 5.41) is 0. The zero-order valence-corrected chi connectivity index (χ0v) is 12.2. The van der Waals surface area contributed by atoms with Crippen LogP contribution in [0.15, 0.2) is 24.3 Å². The van der Waals surface area contributed by atoms with Crippen LogP contribution >= 0.6 is 11.8 Å². The first-order valence-electron chi connectivity index (χ1n) is 6.35. The molecule has 1 atom stereocenters. The molecule has 0 heterocycles. The minimum atomic E-state index is 0.223. The van der Waals surface area contributed by atoms with Crippen molar-refractivity contribution in [2.24, 2.45) is 0 Å². The molecule has 3 nitrogen and oxygen atoms in total. The third kappa shape index (κ3) is 5.65. The Labute approximate surface area is 114 Å². The summed E-state index contributed by atoms with van der Waals surface area (Å²) in [6.07, 6.45) is 0. The monoisotopic (exact) mass is 270 g/mol. The minimum absolute atomic E-state index is 0.223. The van der Waals surface area contributed by atoms with Crippen LogP contribution in [0.2, 0.25) is 0 Å². The predicted molar refractivity (Wildman–Crippen MR) is 76.7 cm³/mol. The molecule has 0 spiro atoms. The topological polar surface area (TPSA) is 27.7 Å². The summed E-state index contributed by atoms with van der Waals surface area (Å²) < 4.78 is 16.7. The van der Waals surface area contributed by atoms with E-state index in [4.69, 9.17) is 14.2 Å². The maximum Gasteiger partial charge on any atom is 0.161 e. The highest BCUT2D eigenvalue weighted by atomic mass is 32.2. The first-order valence-corrected chi connectivity index (χ1v) is 7.40. The molecular formula is C14H22O3S. The molecule has 1 aromatic carbocycles. The van der Waals surface area contributed by atoms with E-state index in [2.05, 4.69) is 13.8 Å². The largest absolute Gasteiger partial charge is 0.490 e. The summed E-state index contributed by atoms with van der Waals surface area (Å²) in [5.74, 6) is 2.63. The van der Waals surface area contributed by atoms with Crippen molar-refractivity contribution in [3.8, 4) is 11.5 Å². The number of benzene rings is 1. The molecule has 0 saturated heterocycles. The van der Waals surface area contributed by atoms with E-state index in [1.165, 1.54) is 0 Å². The van der Waals surface area contributed by atoms with Crippen molar-refractivity contribution in [3.63, 3.8) is 0 Å². The SMILES string of the molecule is CCOc1ccccc1OCCOC(C)SCC. The van der Waals surface area contributed by atoms with Crippen LogP contribution in [-0.2, 0) is 4.74 Å². The molecule has 1 unspecified atom stereocenters. The average molecular weight is 270 g/mol. The van der Waals surface area contributed by atoms with E-state index in [-0.39, 0.29) is 5.44 Å². The smallest absolute Gasteiger partial charge is 0.161 e. The maximum absolute atomic E-state index is 5.66. The lowest BCUT2D eigenvalue weighted by molar-refractivity contribution is 0.0905. The third-order valence-electron chi connectivity index (χ3n) is 2.24. The molecule has 0 aliphatic heterocycles. The van der Waals surface area contributed by atoms with Crippen molar-refractivity contribution in [2.75, 3.05) is 25.6 Å². The summed E-state index contributed by atoms with van der Waals surface area (Å²) in [5.41, 5.74) is 0.223. The molecule has 1 rings (SSSR count). The van der Waals surface area contributed by atoms with Crippen LogP contribution in [0.25, 0.3) is 0 Å². The van der Waals surface area contributed by atoms with Crippen molar-refractivity contribution < 1.29 is 14.2 Å². The molecular weight excluding hydrogens is 248 g/mol. The number of ether oxygens (including phenoxy) is 3. The van der Waals surface area contributed by atoms with Crippen molar-refractivity contribution in [3.05, 3.63) is 24.3 Å². The van der Waals surface area contributed by atoms with Gasteiger partial charge >= 0.3 is 0 Å². The fourth-order valence-corrected chi connectivity index (χ4v) is 2.15. The molecule has 102 valence electrons. The van der Waals surface area contributed by atoms with Gasteiger partial charge in [0.1, 0.15) is 12.0 Å². The number of thioether (sulfide) groups is 1. The van der Waals surface area contributed by atoms with Crippen LogP contribution < -0.4 is 9.47 Å². The number of rotatable bonds is 9. The molecule has 0 radical (unpaired) electrons. The van der Waals surface area contributed by atoms with Gasteiger partial charge in [-0.25, -0.2) is 0 Å². The Hall–Kier alpha value is -0.870. The zero-order valence-electron chi connectivity index (χ0n) is 11.3. The second-order valence-electron chi connectivity index (χ2n) is 3.62. The molecule has 0 aliphatic carbocycles. The number of para-hydroxylation sites is 2. The molecule has 18 heavy (non-hydrogen) atoms. The van der Waals surface area contributed by atoms with Crippen LogP contribution in [0.4, 0.5) is 0 Å². The van der Waals surface area contributed by atoms with Gasteiger partial charge in [-0.15, -0.1) is 11.8 Å². The van der Waals surface area contributed by atoms with E-state index in [9.17, 15) is 0 Å². The minimum Gasteiger partial charge on any atom is -0.490 e. The van der Waals surface area contributed by atoms with Crippen LogP contribution in [0, 0.1) is 0 Å². The fraction of sp³-hybridized carbons (Fsp3) is 0.571. The summed E-state index contributed by atoms with van der Waals surface area (Å²) in [6, 6.07) is 7.70. The van der Waals surface area contributed by atoms with Crippen LogP contribution in [0.3, 0.4) is 0 Å². The van der Waals surface area contributed by atoms with Crippen LogP contribution in [0.1, 0.15) is 20.8 Å². The van der Waals surface area contributed by atoms with Gasteiger partial charge in [0.05, 0.1) is 13.2 Å². The summed E-state index contributed by atoms with van der Waals surface area (Å²) in [4.78, 5) is 0. The lowest BCUT2D eigenvalue weighted by Crippen LogP contribution is -2.12. The van der Waals surface area contributed by atoms with Gasteiger partial charge in [0.15, 0.2) is 11.5 Å². The predicted octanol–water partition coefficient (Wildman–Crippen LogP) is 3.58. The van der Waals surface area contributed by atoms with Gasteiger partial charge in [-0.3, -0.25) is 0 Å². The lowest BCUT2D eigenvalue weighted by Gasteiger charge is -2.14. The Bertz CT molecular complexity index is 331. The first kappa shape index (κ1) is 15.2. The van der Waals surface area contributed by atoms with Crippen LogP contribution in [-0.4, -0.2) is 31.0 Å². The Morgan fingerprint density at radius 3 is 2.33 bits per heavy atom. The molecule has 0 saturated carbocycles. The molecule has 1 aromatic rings. The molecule has 0 fully saturated rings. The Morgan fingerprint density at radius 1 is 1.06 bits per heavy atom. The van der Waals surface area contributed by atoms with Gasteiger partial charge in [-0.1, -0.05) is 19.1 Å². The molecule has 0 bridgehead atoms. The van der Waals surface area contributed by atoms with E-state index in [0.717, 1.165) is 17.3 Å². The second kappa shape index (κ2) is 9.11. The van der Waals surface area contributed by atoms with E-state index in [1.54, 1.807) is 11.8 Å². The van der Waals surface area contributed by atoms with E-state index < -0.39 is 0 Å². The van der Waals surface area contributed by atoms with Crippen molar-refractivity contribution in [1.82, 2.24) is 0 Å². The molecule has 4 heteroatoms. The number of hydrogen-bond donors (Lipinski definition) is 0. The highest BCUT2D eigenvalue weighted by molar-refractivity contribution is 7.99. The van der Waals surface area contributed by atoms with E-state index >= 15 is 0 Å². The highest BCUT2D eigenvalue weighted by Crippen LogP contribution is 2.26. The summed E-state index contributed by atoms with van der Waals surface area (Å²) in [7, 11) is 0. The standard InChI is InChI=1S/C14H22O3S/c1-4-15-13-8-6-7-9-14(13)17-11-10-16-12(3)18-5-2/h6-9,12H,4-5,10-11H2,1-3H3. The third-order valence-corrected chi connectivity index (χ3v) is 3.18. The normalized spacial score (nSPS) is 12.2. The summed E-state index contributed by atoms with van der Waals surface area (Å²) in [6.45, 7) is 7.92. The van der Waals surface area contributed by atoms with Crippen LogP contribution in [0.5, 0.6) is 11.5 Å². The lowest BCUT2D eigenvalue weighted by atomic mass is 10.3. The van der Waals surface area contributed by atoms with Gasteiger partial charge in [-0.2, -0.15) is 0 Å². The van der Waals surface area contributed by atoms with Gasteiger partial charge in [0.25, 0.3) is 0 Å². The van der Waals surface area contributed by atoms with E-state index in [0.29, 0.717) is 19.8 Å². The summed E-state index contributed by atoms with van der Waals surface area (Å²) >= 11 is 1.79. The van der Waals surface area contributed by atoms with Gasteiger partial charge in [0, 0.05) is 0 Å². The fourth-order valence-electron chi connectivity index (χ4n) is 1.49. The van der Waals surface area contributed by atoms with Crippen molar-refractivity contribution in [1.29, 1.82) is 0 Å². The molecule has 0 N–H and O–H groups in total. The Kier molecular flexibility index (Phi) is 7.69. The Morgan fingerprint density at radius 2 is 1.72 bits per heavy atom. The Balaban J connectivity index is 2.30. The van der Waals surface area contributed by atoms with E-state index in [1.807, 2.05) is 31.2 Å². The highest BCUT2D eigenvalue weighted by Gasteiger charge is 2.04. The van der Waals surface area contributed by atoms with Crippen molar-refractivity contribution >= 4 is 11.8 Å². The number of hydrogen-bond acceptors (Lipinski definition) is 4. The van der Waals surface area contributed by atoms with Gasteiger partial charge in [0.2, 0.25) is 0 Å². The molecule has 0 amide bonds. The zero-order chi connectivity index (χ0) is 13.2. The second-order valence-corrected chi connectivity index (χ2v) is 5.20. The average Bonchev–Trinajstić information content (AvgIpc) is 2.37. The van der Waals surface area contributed by atoms with Gasteiger partial charge in [-0.05, 0) is 31.7 Å². The van der Waals surface area contributed by atoms with Crippen molar-refractivity contribution in [2.45, 2.75) is 26.2 Å². The molecule has 0 aromatic heterocycles. The quantitative estimate of drug-likeness (QED) is 0.506. The van der Waals surface area contributed by atoms with Gasteiger partial charge < -0.3 is 14.2 Å².